The number of carbonyl (C=O) groups excluding carboxylic acids is 1. The van der Waals surface area contributed by atoms with E-state index in [-0.39, 0.29) is 42.7 Å². The maximum atomic E-state index is 12.1. The van der Waals surface area contributed by atoms with E-state index in [1.807, 2.05) is 11.8 Å². The molecule has 0 aromatic rings. The molecule has 0 aromatic heterocycles. The van der Waals surface area contributed by atoms with Crippen LogP contribution in [0, 0.1) is 0 Å². The third kappa shape index (κ3) is 4.53. The van der Waals surface area contributed by atoms with Crippen LogP contribution >= 0.6 is 11.6 Å². The van der Waals surface area contributed by atoms with Crippen LogP contribution in [0.25, 0.3) is 0 Å². The molecule has 4 unspecified atom stereocenters. The summed E-state index contributed by atoms with van der Waals surface area (Å²) in [7, 11) is -3.16. The molecule has 2 fully saturated rings. The van der Waals surface area contributed by atoms with Gasteiger partial charge in [0.1, 0.15) is 0 Å². The van der Waals surface area contributed by atoms with E-state index >= 15 is 0 Å². The minimum absolute atomic E-state index is 0.0673. The Labute approximate surface area is 129 Å². The number of aliphatic hydroxyl groups is 1. The van der Waals surface area contributed by atoms with Gasteiger partial charge in [0.05, 0.1) is 48.8 Å². The number of halogens is 1. The number of nitrogens with one attached hydrogen (secondary N) is 1. The van der Waals surface area contributed by atoms with E-state index in [0.29, 0.717) is 13.2 Å². The Balaban J connectivity index is 1.86. The highest BCUT2D eigenvalue weighted by Crippen LogP contribution is 2.18. The molecular weight excluding hydrogens is 320 g/mol. The monoisotopic (exact) mass is 340 g/mol. The first-order valence-corrected chi connectivity index (χ1v) is 9.17. The molecule has 0 bridgehead atoms. The molecule has 1 amide bonds. The average molecular weight is 341 g/mol. The normalized spacial score (nSPS) is 36.5. The van der Waals surface area contributed by atoms with Crippen LogP contribution in [0.5, 0.6) is 0 Å². The first kappa shape index (κ1) is 17.0. The SMILES string of the molecule is CC1COC(CO)CN1CC(=O)NC1CS(=O)(=O)CC1Cl. The van der Waals surface area contributed by atoms with Gasteiger partial charge in [-0.05, 0) is 6.92 Å². The predicted octanol–water partition coefficient (Wildman–Crippen LogP) is -1.41. The number of sulfone groups is 1. The molecule has 0 spiro atoms. The summed E-state index contributed by atoms with van der Waals surface area (Å²) in [6.07, 6.45) is -0.290. The van der Waals surface area contributed by atoms with Crippen molar-refractivity contribution in [1.29, 1.82) is 0 Å². The number of nitrogens with zero attached hydrogens (tertiary/aromatic N) is 1. The number of carbonyl (C=O) groups is 1. The lowest BCUT2D eigenvalue weighted by Gasteiger charge is -2.37. The highest BCUT2D eigenvalue weighted by Gasteiger charge is 2.37. The van der Waals surface area contributed by atoms with E-state index in [1.54, 1.807) is 0 Å². The van der Waals surface area contributed by atoms with Crippen molar-refractivity contribution in [3.8, 4) is 0 Å². The summed E-state index contributed by atoms with van der Waals surface area (Å²) in [5, 5.41) is 11.2. The molecule has 9 heteroatoms. The number of amides is 1. The minimum Gasteiger partial charge on any atom is -0.394 e. The lowest BCUT2D eigenvalue weighted by Crippen LogP contribution is -2.54. The van der Waals surface area contributed by atoms with Crippen LogP contribution in [0.3, 0.4) is 0 Å². The van der Waals surface area contributed by atoms with E-state index in [4.69, 9.17) is 21.4 Å². The fourth-order valence-electron chi connectivity index (χ4n) is 2.58. The number of aliphatic hydroxyl groups excluding tert-OH is 1. The Hall–Kier alpha value is -0.410. The Bertz CT molecular complexity index is 486. The number of alkyl halides is 1. The van der Waals surface area contributed by atoms with Crippen molar-refractivity contribution in [1.82, 2.24) is 10.2 Å². The maximum Gasteiger partial charge on any atom is 0.234 e. The quantitative estimate of drug-likeness (QED) is 0.610. The van der Waals surface area contributed by atoms with Gasteiger partial charge in [-0.3, -0.25) is 9.69 Å². The molecule has 2 rings (SSSR count). The van der Waals surface area contributed by atoms with Crippen LogP contribution in [-0.4, -0.2) is 85.7 Å². The second-order valence-corrected chi connectivity index (χ2v) is 8.40. The van der Waals surface area contributed by atoms with E-state index in [1.165, 1.54) is 0 Å². The van der Waals surface area contributed by atoms with Crippen molar-refractivity contribution in [2.45, 2.75) is 30.5 Å². The van der Waals surface area contributed by atoms with E-state index in [0.717, 1.165) is 0 Å². The number of hydrogen-bond acceptors (Lipinski definition) is 6. The number of ether oxygens (including phenoxy) is 1. The summed E-state index contributed by atoms with van der Waals surface area (Å²) in [6.45, 7) is 2.91. The van der Waals surface area contributed by atoms with Crippen LogP contribution in [0.1, 0.15) is 6.92 Å². The Morgan fingerprint density at radius 2 is 2.19 bits per heavy atom. The van der Waals surface area contributed by atoms with E-state index in [9.17, 15) is 13.2 Å². The molecule has 2 heterocycles. The molecule has 21 heavy (non-hydrogen) atoms. The predicted molar refractivity (Wildman–Crippen MR) is 78.1 cm³/mol. The lowest BCUT2D eigenvalue weighted by molar-refractivity contribution is -0.128. The van der Waals surface area contributed by atoms with Crippen molar-refractivity contribution in [3.05, 3.63) is 0 Å². The smallest absolute Gasteiger partial charge is 0.234 e. The van der Waals surface area contributed by atoms with Gasteiger partial charge >= 0.3 is 0 Å². The van der Waals surface area contributed by atoms with Gasteiger partial charge in [0, 0.05) is 12.6 Å². The zero-order chi connectivity index (χ0) is 15.6. The van der Waals surface area contributed by atoms with Gasteiger partial charge in [0.15, 0.2) is 9.84 Å². The van der Waals surface area contributed by atoms with Crippen molar-refractivity contribution < 1.29 is 23.1 Å². The summed E-state index contributed by atoms with van der Waals surface area (Å²) >= 11 is 5.96. The zero-order valence-electron chi connectivity index (χ0n) is 11.9. The van der Waals surface area contributed by atoms with Crippen molar-refractivity contribution >= 4 is 27.3 Å². The standard InChI is InChI=1S/C12H21ClN2O5S/c1-8-5-20-9(4-16)2-15(8)3-12(17)14-11-7-21(18,19)6-10(11)13/h8-11,16H,2-7H2,1H3,(H,14,17). The topological polar surface area (TPSA) is 95.9 Å². The van der Waals surface area contributed by atoms with Gasteiger partial charge in [-0.15, -0.1) is 11.6 Å². The summed E-state index contributed by atoms with van der Waals surface area (Å²) < 4.78 is 28.3. The van der Waals surface area contributed by atoms with Gasteiger partial charge in [-0.25, -0.2) is 8.42 Å². The molecule has 7 nitrogen and oxygen atoms in total. The van der Waals surface area contributed by atoms with Crippen LogP contribution < -0.4 is 5.32 Å². The molecule has 2 aliphatic heterocycles. The van der Waals surface area contributed by atoms with Crippen molar-refractivity contribution in [2.75, 3.05) is 37.8 Å². The molecule has 0 saturated carbocycles. The Kier molecular flexibility index (Phi) is 5.48. The van der Waals surface area contributed by atoms with Crippen molar-refractivity contribution in [3.63, 3.8) is 0 Å². The molecule has 4 atom stereocenters. The highest BCUT2D eigenvalue weighted by atomic mass is 35.5. The fraction of sp³-hybridized carbons (Fsp3) is 0.917. The van der Waals surface area contributed by atoms with Gasteiger partial charge in [-0.2, -0.15) is 0 Å². The first-order chi connectivity index (χ1) is 9.80. The summed E-state index contributed by atoms with van der Waals surface area (Å²) in [5.74, 6) is -0.460. The van der Waals surface area contributed by atoms with Crippen LogP contribution in [0.2, 0.25) is 0 Å². The molecule has 122 valence electrons. The highest BCUT2D eigenvalue weighted by molar-refractivity contribution is 7.91. The minimum atomic E-state index is -3.16. The maximum absolute atomic E-state index is 12.1. The largest absolute Gasteiger partial charge is 0.394 e. The zero-order valence-corrected chi connectivity index (χ0v) is 13.4. The molecule has 2 N–H and O–H groups in total. The molecule has 0 aromatic carbocycles. The van der Waals surface area contributed by atoms with Crippen LogP contribution in [0.15, 0.2) is 0 Å². The van der Waals surface area contributed by atoms with Gasteiger partial charge in [-0.1, -0.05) is 0 Å². The van der Waals surface area contributed by atoms with Gasteiger partial charge < -0.3 is 15.2 Å². The molecular formula is C12H21ClN2O5S. The third-order valence-corrected chi connectivity index (χ3v) is 6.19. The second-order valence-electron chi connectivity index (χ2n) is 5.68. The van der Waals surface area contributed by atoms with Gasteiger partial charge in [0.2, 0.25) is 5.91 Å². The summed E-state index contributed by atoms with van der Waals surface area (Å²) in [5.41, 5.74) is 0. The first-order valence-electron chi connectivity index (χ1n) is 6.91. The lowest BCUT2D eigenvalue weighted by atomic mass is 10.2. The molecule has 0 aliphatic carbocycles. The van der Waals surface area contributed by atoms with Crippen LogP contribution in [-0.2, 0) is 19.4 Å². The number of rotatable bonds is 4. The summed E-state index contributed by atoms with van der Waals surface area (Å²) in [6, 6.07) is -0.466. The molecule has 0 radical (unpaired) electrons. The van der Waals surface area contributed by atoms with Crippen LogP contribution in [0.4, 0.5) is 0 Å². The van der Waals surface area contributed by atoms with Crippen molar-refractivity contribution in [2.24, 2.45) is 0 Å². The Morgan fingerprint density at radius 1 is 1.48 bits per heavy atom. The average Bonchev–Trinajstić information content (AvgIpc) is 2.64. The Morgan fingerprint density at radius 3 is 2.76 bits per heavy atom. The number of hydrogen-bond donors (Lipinski definition) is 2. The van der Waals surface area contributed by atoms with E-state index in [2.05, 4.69) is 5.32 Å². The third-order valence-electron chi connectivity index (χ3n) is 3.81. The van der Waals surface area contributed by atoms with E-state index < -0.39 is 21.3 Å². The summed E-state index contributed by atoms with van der Waals surface area (Å²) in [4.78, 5) is 14.0. The molecule has 2 saturated heterocycles. The molecule has 2 aliphatic rings. The van der Waals surface area contributed by atoms with Gasteiger partial charge in [0.25, 0.3) is 0 Å². The second kappa shape index (κ2) is 6.78. The number of morpholine rings is 1. The fourth-order valence-corrected chi connectivity index (χ4v) is 5.13.